The first-order valence-corrected chi connectivity index (χ1v) is 9.25. The molecule has 0 spiro atoms. The second-order valence-electron chi connectivity index (χ2n) is 6.80. The van der Waals surface area contributed by atoms with Crippen LogP contribution in [0.5, 0.6) is 5.75 Å². The summed E-state index contributed by atoms with van der Waals surface area (Å²) in [6.45, 7) is 3.74. The monoisotopic (exact) mass is 394 g/mol. The molecule has 0 aliphatic carbocycles. The number of aromatic nitrogens is 1. The molecule has 5 nitrogen and oxygen atoms in total. The Balaban J connectivity index is 1.80. The molecule has 1 aromatic heterocycles. The van der Waals surface area contributed by atoms with Gasteiger partial charge in [-0.15, -0.1) is 0 Å². The Kier molecular flexibility index (Phi) is 6.12. The second-order valence-corrected chi connectivity index (χ2v) is 6.80. The van der Waals surface area contributed by atoms with Gasteiger partial charge in [-0.25, -0.2) is 4.39 Å². The Hall–Kier alpha value is -3.41. The molecule has 3 rings (SSSR count). The number of halogens is 1. The Bertz CT molecular complexity index is 1020. The zero-order chi connectivity index (χ0) is 21.0. The van der Waals surface area contributed by atoms with E-state index in [0.29, 0.717) is 23.5 Å². The number of carbonyl (C=O) groups is 2. The predicted octanol–water partition coefficient (Wildman–Crippen LogP) is 4.13. The van der Waals surface area contributed by atoms with E-state index < -0.39 is 0 Å². The minimum atomic E-state index is -0.340. The number of rotatable bonds is 7. The lowest BCUT2D eigenvalue weighted by atomic mass is 10.1. The number of hydrogen-bond acceptors (Lipinski definition) is 3. The van der Waals surface area contributed by atoms with E-state index in [4.69, 9.17) is 4.74 Å². The molecule has 0 fully saturated rings. The van der Waals surface area contributed by atoms with E-state index in [2.05, 4.69) is 5.32 Å². The highest BCUT2D eigenvalue weighted by atomic mass is 19.1. The molecule has 0 atom stereocenters. The fraction of sp³-hybridized carbons (Fsp3) is 0.217. The number of amides is 1. The van der Waals surface area contributed by atoms with Crippen molar-refractivity contribution in [3.8, 4) is 17.0 Å². The van der Waals surface area contributed by atoms with Gasteiger partial charge in [0.1, 0.15) is 18.1 Å². The van der Waals surface area contributed by atoms with Crippen LogP contribution in [-0.2, 0) is 17.9 Å². The maximum absolute atomic E-state index is 13.3. The minimum absolute atomic E-state index is 0.0575. The van der Waals surface area contributed by atoms with Gasteiger partial charge in [0.25, 0.3) is 0 Å². The van der Waals surface area contributed by atoms with Gasteiger partial charge < -0.3 is 14.6 Å². The van der Waals surface area contributed by atoms with Crippen molar-refractivity contribution in [3.05, 3.63) is 77.2 Å². The van der Waals surface area contributed by atoms with E-state index in [1.807, 2.05) is 24.3 Å². The fourth-order valence-corrected chi connectivity index (χ4v) is 3.21. The van der Waals surface area contributed by atoms with Crippen molar-refractivity contribution in [2.75, 3.05) is 7.11 Å². The summed E-state index contributed by atoms with van der Waals surface area (Å²) >= 11 is 0. The predicted molar refractivity (Wildman–Crippen MR) is 109 cm³/mol. The number of nitrogens with one attached hydrogen (secondary N) is 1. The molecule has 0 saturated heterocycles. The van der Waals surface area contributed by atoms with E-state index in [1.165, 1.54) is 19.1 Å². The van der Waals surface area contributed by atoms with Crippen molar-refractivity contribution in [1.82, 2.24) is 9.88 Å². The summed E-state index contributed by atoms with van der Waals surface area (Å²) in [5.41, 5.74) is 3.65. The van der Waals surface area contributed by atoms with Crippen molar-refractivity contribution in [1.29, 1.82) is 0 Å². The third-order valence-electron chi connectivity index (χ3n) is 4.84. The molecule has 150 valence electrons. The van der Waals surface area contributed by atoms with Crippen molar-refractivity contribution < 1.29 is 18.7 Å². The molecule has 0 saturated carbocycles. The average molecular weight is 394 g/mol. The average Bonchev–Trinajstić information content (AvgIpc) is 3.04. The molecule has 0 aliphatic heterocycles. The van der Waals surface area contributed by atoms with E-state index >= 15 is 0 Å². The largest absolute Gasteiger partial charge is 0.497 e. The van der Waals surface area contributed by atoms with E-state index in [1.54, 1.807) is 36.8 Å². The normalized spacial score (nSPS) is 10.6. The number of Topliss-reactive ketones (excluding diaryl/α,β-unsaturated/α-hetero) is 1. The van der Waals surface area contributed by atoms with Gasteiger partial charge in [0.05, 0.1) is 7.11 Å². The van der Waals surface area contributed by atoms with E-state index in [-0.39, 0.29) is 24.1 Å². The molecule has 6 heteroatoms. The number of ether oxygens (including phenoxy) is 1. The fourth-order valence-electron chi connectivity index (χ4n) is 3.21. The van der Waals surface area contributed by atoms with Crippen LogP contribution in [0.1, 0.15) is 28.5 Å². The van der Waals surface area contributed by atoms with Gasteiger partial charge in [0, 0.05) is 23.5 Å². The first kappa shape index (κ1) is 20.3. The first-order valence-electron chi connectivity index (χ1n) is 9.25. The molecule has 1 N–H and O–H groups in total. The summed E-state index contributed by atoms with van der Waals surface area (Å²) in [5.74, 6) is 0.151. The SMILES string of the molecule is COc1ccc(CNC(=O)Cn2c(-c3ccc(F)cc3)cc(C(C)=O)c2C)cc1. The maximum atomic E-state index is 13.3. The Morgan fingerprint density at radius 1 is 1.07 bits per heavy atom. The Labute approximate surface area is 169 Å². The summed E-state index contributed by atoms with van der Waals surface area (Å²) in [4.78, 5) is 24.6. The zero-order valence-corrected chi connectivity index (χ0v) is 16.7. The summed E-state index contributed by atoms with van der Waals surface area (Å²) in [5, 5.41) is 2.89. The van der Waals surface area contributed by atoms with Crippen molar-refractivity contribution in [3.63, 3.8) is 0 Å². The molecular formula is C23H23FN2O3. The van der Waals surface area contributed by atoms with Crippen LogP contribution in [0.3, 0.4) is 0 Å². The number of methoxy groups -OCH3 is 1. The molecule has 29 heavy (non-hydrogen) atoms. The second kappa shape index (κ2) is 8.73. The van der Waals surface area contributed by atoms with Crippen molar-refractivity contribution >= 4 is 11.7 Å². The van der Waals surface area contributed by atoms with Gasteiger partial charge in [-0.3, -0.25) is 9.59 Å². The molecule has 0 bridgehead atoms. The Morgan fingerprint density at radius 2 is 1.72 bits per heavy atom. The van der Waals surface area contributed by atoms with Crippen LogP contribution in [0, 0.1) is 12.7 Å². The third-order valence-corrected chi connectivity index (χ3v) is 4.84. The first-order chi connectivity index (χ1) is 13.9. The molecule has 3 aromatic rings. The quantitative estimate of drug-likeness (QED) is 0.613. The number of carbonyl (C=O) groups excluding carboxylic acids is 2. The van der Waals surface area contributed by atoms with E-state index in [9.17, 15) is 14.0 Å². The van der Waals surface area contributed by atoms with Gasteiger partial charge in [-0.1, -0.05) is 12.1 Å². The smallest absolute Gasteiger partial charge is 0.240 e. The maximum Gasteiger partial charge on any atom is 0.240 e. The van der Waals surface area contributed by atoms with Crippen LogP contribution in [0.4, 0.5) is 4.39 Å². The lowest BCUT2D eigenvalue weighted by Crippen LogP contribution is -2.27. The molecular weight excluding hydrogens is 371 g/mol. The van der Waals surface area contributed by atoms with Crippen molar-refractivity contribution in [2.24, 2.45) is 0 Å². The van der Waals surface area contributed by atoms with Gasteiger partial charge in [-0.05, 0) is 67.4 Å². The highest BCUT2D eigenvalue weighted by Gasteiger charge is 2.18. The zero-order valence-electron chi connectivity index (χ0n) is 16.7. The molecule has 1 amide bonds. The molecule has 0 radical (unpaired) electrons. The standard InChI is InChI=1S/C23H23FN2O3/c1-15-21(16(2)27)12-22(18-6-8-19(24)9-7-18)26(15)14-23(28)25-13-17-4-10-20(29-3)11-5-17/h4-12H,13-14H2,1-3H3,(H,25,28). The summed E-state index contributed by atoms with van der Waals surface area (Å²) in [7, 11) is 1.60. The molecule has 0 aliphatic rings. The van der Waals surface area contributed by atoms with Gasteiger partial charge in [0.2, 0.25) is 5.91 Å². The highest BCUT2D eigenvalue weighted by Crippen LogP contribution is 2.26. The topological polar surface area (TPSA) is 60.3 Å². The summed E-state index contributed by atoms with van der Waals surface area (Å²) in [6, 6.07) is 15.2. The molecule has 1 heterocycles. The highest BCUT2D eigenvalue weighted by molar-refractivity contribution is 5.97. The van der Waals surface area contributed by atoms with Gasteiger partial charge >= 0.3 is 0 Å². The lowest BCUT2D eigenvalue weighted by Gasteiger charge is -2.13. The lowest BCUT2D eigenvalue weighted by molar-refractivity contribution is -0.121. The van der Waals surface area contributed by atoms with Crippen LogP contribution in [0.25, 0.3) is 11.3 Å². The molecule has 0 unspecified atom stereocenters. The van der Waals surface area contributed by atoms with Crippen LogP contribution in [-0.4, -0.2) is 23.4 Å². The van der Waals surface area contributed by atoms with Crippen LogP contribution in [0.2, 0.25) is 0 Å². The van der Waals surface area contributed by atoms with Crippen LogP contribution < -0.4 is 10.1 Å². The number of nitrogens with zero attached hydrogens (tertiary/aromatic N) is 1. The summed E-state index contributed by atoms with van der Waals surface area (Å²) in [6.07, 6.45) is 0. The van der Waals surface area contributed by atoms with Crippen LogP contribution >= 0.6 is 0 Å². The third kappa shape index (κ3) is 4.71. The van der Waals surface area contributed by atoms with Gasteiger partial charge in [-0.2, -0.15) is 0 Å². The minimum Gasteiger partial charge on any atom is -0.497 e. The van der Waals surface area contributed by atoms with Gasteiger partial charge in [0.15, 0.2) is 5.78 Å². The summed E-state index contributed by atoms with van der Waals surface area (Å²) < 4.78 is 20.2. The van der Waals surface area contributed by atoms with E-state index in [0.717, 1.165) is 16.9 Å². The van der Waals surface area contributed by atoms with Crippen LogP contribution in [0.15, 0.2) is 54.6 Å². The molecule has 2 aromatic carbocycles. The number of hydrogen-bond donors (Lipinski definition) is 1. The van der Waals surface area contributed by atoms with Crippen molar-refractivity contribution in [2.45, 2.75) is 26.9 Å². The number of benzene rings is 2. The number of ketones is 1. The Morgan fingerprint density at radius 3 is 2.31 bits per heavy atom.